The summed E-state index contributed by atoms with van der Waals surface area (Å²) in [6.45, 7) is 20.7. The first-order chi connectivity index (χ1) is 16.9. The highest BCUT2D eigenvalue weighted by Gasteiger charge is 2.26. The Morgan fingerprint density at radius 1 is 0.545 bits per heavy atom. The zero-order chi connectivity index (χ0) is 30.3. The molecule has 0 aliphatic carbocycles. The Morgan fingerprint density at radius 2 is 0.750 bits per heavy atom. The Balaban J connectivity index is -0.0000000627. The zero-order valence-electron chi connectivity index (χ0n) is 25.9. The maximum Gasteiger partial charge on any atom is 0.102 e. The molecule has 0 aromatic rings. The minimum atomic E-state index is -3.97. The van der Waals surface area contributed by atoms with Gasteiger partial charge in [0.15, 0.2) is 0 Å². The van der Waals surface area contributed by atoms with Gasteiger partial charge in [0.05, 0.1) is 89.9 Å². The number of methoxy groups -OCH3 is 2. The van der Waals surface area contributed by atoms with Crippen LogP contribution in [0.3, 0.4) is 0 Å². The van der Waals surface area contributed by atoms with Crippen molar-refractivity contribution in [2.45, 2.75) is 110 Å². The lowest BCUT2D eigenvalue weighted by Crippen LogP contribution is -2.43. The molecule has 44 heavy (non-hydrogen) atoms. The van der Waals surface area contributed by atoms with Gasteiger partial charge in [0.2, 0.25) is 0 Å². The number of nitrogens with zero attached hydrogens (tertiary/aromatic N) is 2. The van der Waals surface area contributed by atoms with E-state index in [1.807, 2.05) is 39.3 Å². The Labute approximate surface area is 281 Å². The van der Waals surface area contributed by atoms with Crippen LogP contribution in [0.5, 0.6) is 0 Å². The topological polar surface area (TPSA) is 133 Å². The number of likely N-dealkylation sites (tertiary alicyclic amines) is 2. The lowest BCUT2D eigenvalue weighted by molar-refractivity contribution is -0.897. The number of hydrogen-bond donors (Lipinski definition) is 0. The van der Waals surface area contributed by atoms with Crippen molar-refractivity contribution in [1.29, 1.82) is 0 Å². The fraction of sp³-hybridized carbons (Fsp3) is 1.00. The Bertz CT molecular complexity index is 764. The van der Waals surface area contributed by atoms with Crippen molar-refractivity contribution in [1.82, 2.24) is 0 Å². The predicted octanol–water partition coefficient (Wildman–Crippen LogP) is 6.38. The number of quaternary nitrogens is 2. The summed E-state index contributed by atoms with van der Waals surface area (Å²) in [5.74, 6) is 0. The van der Waals surface area contributed by atoms with Crippen molar-refractivity contribution >= 4 is 36.4 Å². The second-order valence-corrected chi connectivity index (χ2v) is 28.3. The lowest BCUT2D eigenvalue weighted by Gasteiger charge is -2.28. The minimum absolute atomic E-state index is 0. The van der Waals surface area contributed by atoms with Crippen LogP contribution < -0.4 is 0 Å². The molecule has 2 aliphatic heterocycles. The van der Waals surface area contributed by atoms with E-state index in [0.717, 1.165) is 13.2 Å². The molecule has 280 valence electrons. The molecule has 2 fully saturated rings. The van der Waals surface area contributed by atoms with E-state index in [1.54, 1.807) is 14.2 Å². The Morgan fingerprint density at radius 3 is 0.864 bits per heavy atom. The highest BCUT2D eigenvalue weighted by molar-refractivity contribution is 7.87. The van der Waals surface area contributed by atoms with E-state index in [4.69, 9.17) is 9.47 Å². The average molecular weight is 719 g/mol. The number of rotatable bonds is 10. The summed E-state index contributed by atoms with van der Waals surface area (Å²) in [6, 6.07) is 0. The van der Waals surface area contributed by atoms with Gasteiger partial charge in [0.25, 0.3) is 0 Å². The van der Waals surface area contributed by atoms with E-state index in [-0.39, 0.29) is 55.3 Å². The summed E-state index contributed by atoms with van der Waals surface area (Å²) < 4.78 is 73.3. The second kappa shape index (κ2) is 28.1. The first-order valence-corrected chi connectivity index (χ1v) is 24.0. The molecule has 0 aromatic carbocycles. The van der Waals surface area contributed by atoms with E-state index in [2.05, 4.69) is 14.1 Å². The van der Waals surface area contributed by atoms with Gasteiger partial charge in [-0.1, -0.05) is 83.8 Å². The third-order valence-electron chi connectivity index (χ3n) is 6.18. The smallest absolute Gasteiger partial charge is 0.102 e. The van der Waals surface area contributed by atoms with Gasteiger partial charge in [0.1, 0.15) is 13.1 Å². The van der Waals surface area contributed by atoms with Gasteiger partial charge in [-0.15, -0.1) is 0 Å². The fourth-order valence-corrected chi connectivity index (χ4v) is 12.8. The van der Waals surface area contributed by atoms with Gasteiger partial charge >= 0.3 is 0 Å². The molecule has 0 unspecified atom stereocenters. The van der Waals surface area contributed by atoms with Crippen LogP contribution >= 0.6 is 0 Å². The third kappa shape index (κ3) is 44.2. The van der Waals surface area contributed by atoms with E-state index in [9.17, 15) is 25.9 Å². The molecule has 2 heterocycles. The van der Waals surface area contributed by atoms with Gasteiger partial charge in [-0.2, -0.15) is 0 Å². The SMILES string of the molecule is C.C.C.C.C.C.COCC[N+]1(C)CCCC1.COCC[N+]1(C)CCCC1.C[Si](C)(C)CS(=O)(=O)[O-].C[Si](C)(C)CS(=O)(=O)[O-]. The van der Waals surface area contributed by atoms with E-state index >= 15 is 0 Å². The van der Waals surface area contributed by atoms with Crippen LogP contribution in [0.2, 0.25) is 39.3 Å². The van der Waals surface area contributed by atoms with Crippen molar-refractivity contribution in [3.8, 4) is 0 Å². The van der Waals surface area contributed by atoms with Crippen LogP contribution in [0, 0.1) is 0 Å². The van der Waals surface area contributed by atoms with Crippen molar-refractivity contribution < 1.29 is 44.4 Å². The highest BCUT2D eigenvalue weighted by atomic mass is 32.2. The third-order valence-corrected chi connectivity index (χ3v) is 15.9. The maximum atomic E-state index is 10.1. The molecule has 0 atom stereocenters. The quantitative estimate of drug-likeness (QED) is 0.144. The monoisotopic (exact) mass is 719 g/mol. The van der Waals surface area contributed by atoms with E-state index < -0.39 is 36.4 Å². The summed E-state index contributed by atoms with van der Waals surface area (Å²) in [6.07, 6.45) is 5.61. The summed E-state index contributed by atoms with van der Waals surface area (Å²) in [4.78, 5) is 0. The summed E-state index contributed by atoms with van der Waals surface area (Å²) >= 11 is 0. The first-order valence-electron chi connectivity index (χ1n) is 13.5. The molecule has 0 amide bonds. The number of ether oxygens (including phenoxy) is 2. The van der Waals surface area contributed by atoms with E-state index in [0.29, 0.717) is 0 Å². The summed E-state index contributed by atoms with van der Waals surface area (Å²) in [7, 11) is -3.12. The van der Waals surface area contributed by atoms with Crippen LogP contribution in [0.15, 0.2) is 0 Å². The average Bonchev–Trinajstić information content (AvgIpc) is 3.30. The van der Waals surface area contributed by atoms with Gasteiger partial charge < -0.3 is 27.5 Å². The van der Waals surface area contributed by atoms with Crippen molar-refractivity contribution in [2.24, 2.45) is 0 Å². The predicted molar refractivity (Wildman–Crippen MR) is 200 cm³/mol. The van der Waals surface area contributed by atoms with Gasteiger partial charge in [-0.25, -0.2) is 16.8 Å². The Kier molecular flexibility index (Phi) is 40.2. The maximum absolute atomic E-state index is 10.1. The lowest BCUT2D eigenvalue weighted by atomic mass is 10.4. The normalized spacial score (nSPS) is 16.3. The molecule has 0 N–H and O–H groups in total. The molecule has 0 radical (unpaired) electrons. The molecule has 0 saturated carbocycles. The molecular weight excluding hydrogens is 637 g/mol. The van der Waals surface area contributed by atoms with Crippen molar-refractivity contribution in [3.63, 3.8) is 0 Å². The van der Waals surface area contributed by atoms with Crippen LogP contribution in [-0.2, 0) is 29.7 Å². The molecular formula is C30H82N2O8S2Si2. The van der Waals surface area contributed by atoms with Crippen molar-refractivity contribution in [3.05, 3.63) is 0 Å². The standard InChI is InChI=1S/2C8H18NO.2C4H12O3SSi.6CH4/c2*1-9(7-8-10-2)5-3-4-6-9;2*1-9(2,3)4-8(5,6)7;;;;;;/h2*3-8H2,1-2H3;2*4H2,1-3H3,(H,5,6,7);6*1H4/q2*+1;;;;;;;;/p-2. The first kappa shape index (κ1) is 62.9. The molecule has 0 aromatic heterocycles. The molecule has 14 heteroatoms. The molecule has 10 nitrogen and oxygen atoms in total. The molecule has 2 aliphatic rings. The molecule has 2 saturated heterocycles. The second-order valence-electron chi connectivity index (χ2n) is 13.5. The fourth-order valence-electron chi connectivity index (χ4n) is 4.33. The van der Waals surface area contributed by atoms with Crippen LogP contribution in [0.4, 0.5) is 0 Å². The minimum Gasteiger partial charge on any atom is -0.748 e. The molecule has 0 bridgehead atoms. The summed E-state index contributed by atoms with van der Waals surface area (Å²) in [5.41, 5.74) is 0. The van der Waals surface area contributed by atoms with Crippen LogP contribution in [0.1, 0.15) is 70.2 Å². The number of likely N-dealkylation sites (N-methyl/N-ethyl adjacent to an activating group) is 2. The van der Waals surface area contributed by atoms with Crippen molar-refractivity contribution in [2.75, 3.05) is 91.5 Å². The Hall–Kier alpha value is 0.0938. The summed E-state index contributed by atoms with van der Waals surface area (Å²) in [5, 5.41) is -0.306. The highest BCUT2D eigenvalue weighted by Crippen LogP contribution is 2.15. The molecule has 2 rings (SSSR count). The van der Waals surface area contributed by atoms with Crippen LogP contribution in [-0.4, -0.2) is 143 Å². The van der Waals surface area contributed by atoms with Gasteiger partial charge in [-0.05, 0) is 0 Å². The zero-order valence-corrected chi connectivity index (χ0v) is 29.5. The van der Waals surface area contributed by atoms with Gasteiger partial charge in [0, 0.05) is 50.7 Å². The molecule has 0 spiro atoms. The van der Waals surface area contributed by atoms with E-state index in [1.165, 1.54) is 73.9 Å². The van der Waals surface area contributed by atoms with Gasteiger partial charge in [-0.3, -0.25) is 0 Å². The van der Waals surface area contributed by atoms with Crippen LogP contribution in [0.25, 0.3) is 0 Å². The largest absolute Gasteiger partial charge is 0.748 e. The number of hydrogen-bond acceptors (Lipinski definition) is 8.